The summed E-state index contributed by atoms with van der Waals surface area (Å²) in [6, 6.07) is 1.80. The lowest BCUT2D eigenvalue weighted by molar-refractivity contribution is 0.0938. The first-order chi connectivity index (χ1) is 8.52. The number of nitrogens with zero attached hydrogens (tertiary/aromatic N) is 2. The first-order valence-electron chi connectivity index (χ1n) is 6.43. The summed E-state index contributed by atoms with van der Waals surface area (Å²) in [7, 11) is 0. The van der Waals surface area contributed by atoms with Crippen molar-refractivity contribution >= 4 is 11.9 Å². The Morgan fingerprint density at radius 3 is 2.72 bits per heavy atom. The molecule has 0 fully saturated rings. The van der Waals surface area contributed by atoms with Crippen LogP contribution < -0.4 is 10.6 Å². The number of nitrogens with one attached hydrogen (secondary N) is 2. The summed E-state index contributed by atoms with van der Waals surface area (Å²) in [5, 5.41) is 5.96. The molecule has 0 saturated carbocycles. The Morgan fingerprint density at radius 1 is 1.39 bits per heavy atom. The van der Waals surface area contributed by atoms with Crippen molar-refractivity contribution in [3.05, 3.63) is 17.5 Å². The second-order valence-corrected chi connectivity index (χ2v) is 4.63. The van der Waals surface area contributed by atoms with Gasteiger partial charge in [-0.25, -0.2) is 9.97 Å². The Kier molecular flexibility index (Phi) is 5.55. The van der Waals surface area contributed by atoms with Crippen LogP contribution in [-0.4, -0.2) is 28.5 Å². The summed E-state index contributed by atoms with van der Waals surface area (Å²) in [4.78, 5) is 20.3. The fourth-order valence-corrected chi connectivity index (χ4v) is 1.48. The molecule has 0 aromatic carbocycles. The van der Waals surface area contributed by atoms with Gasteiger partial charge in [0.1, 0.15) is 5.69 Å². The van der Waals surface area contributed by atoms with Gasteiger partial charge < -0.3 is 10.6 Å². The molecule has 1 aromatic heterocycles. The van der Waals surface area contributed by atoms with E-state index in [1.54, 1.807) is 6.07 Å². The Balaban J connectivity index is 2.76. The summed E-state index contributed by atoms with van der Waals surface area (Å²) in [6.07, 6.45) is 2.17. The van der Waals surface area contributed by atoms with Gasteiger partial charge in [-0.1, -0.05) is 13.3 Å². The van der Waals surface area contributed by atoms with Crippen LogP contribution in [0.25, 0.3) is 0 Å². The zero-order valence-corrected chi connectivity index (χ0v) is 11.6. The molecule has 5 nitrogen and oxygen atoms in total. The van der Waals surface area contributed by atoms with E-state index in [1.165, 1.54) is 0 Å². The zero-order chi connectivity index (χ0) is 13.5. The fourth-order valence-electron chi connectivity index (χ4n) is 1.48. The van der Waals surface area contributed by atoms with Crippen LogP contribution in [0, 0.1) is 6.92 Å². The fraction of sp³-hybridized carbons (Fsp3) is 0.615. The molecule has 0 spiro atoms. The van der Waals surface area contributed by atoms with Gasteiger partial charge in [0.25, 0.3) is 5.91 Å². The van der Waals surface area contributed by atoms with Gasteiger partial charge in [0, 0.05) is 18.3 Å². The number of unbranched alkanes of at least 4 members (excludes halogenated alkanes) is 1. The highest BCUT2D eigenvalue weighted by atomic mass is 16.1. The summed E-state index contributed by atoms with van der Waals surface area (Å²) in [6.45, 7) is 8.66. The third kappa shape index (κ3) is 4.69. The highest BCUT2D eigenvalue weighted by molar-refractivity contribution is 5.92. The maximum absolute atomic E-state index is 11.9. The Hall–Kier alpha value is -1.65. The number of aryl methyl sites for hydroxylation is 1. The molecule has 1 rings (SSSR count). The Bertz CT molecular complexity index is 404. The van der Waals surface area contributed by atoms with Gasteiger partial charge in [0.05, 0.1) is 0 Å². The average molecular weight is 250 g/mol. The predicted octanol–water partition coefficient (Wildman–Crippen LogP) is 2.14. The molecule has 100 valence electrons. The van der Waals surface area contributed by atoms with Crippen LogP contribution in [0.2, 0.25) is 0 Å². The molecule has 0 saturated heterocycles. The van der Waals surface area contributed by atoms with Crippen LogP contribution in [-0.2, 0) is 0 Å². The molecule has 0 bridgehead atoms. The highest BCUT2D eigenvalue weighted by Gasteiger charge is 2.11. The molecule has 0 aliphatic heterocycles. The van der Waals surface area contributed by atoms with E-state index >= 15 is 0 Å². The van der Waals surface area contributed by atoms with E-state index in [2.05, 4.69) is 27.5 Å². The zero-order valence-electron chi connectivity index (χ0n) is 11.6. The first-order valence-corrected chi connectivity index (χ1v) is 6.43. The highest BCUT2D eigenvalue weighted by Crippen LogP contribution is 2.05. The van der Waals surface area contributed by atoms with Crippen molar-refractivity contribution < 1.29 is 4.79 Å². The smallest absolute Gasteiger partial charge is 0.270 e. The standard InChI is InChI=1S/C13H22N4O/c1-5-6-7-14-13-16-10(4)8-11(17-13)12(18)15-9(2)3/h8-9H,5-7H2,1-4H3,(H,15,18)(H,14,16,17). The molecule has 1 heterocycles. The van der Waals surface area contributed by atoms with Crippen molar-refractivity contribution in [3.63, 3.8) is 0 Å². The maximum atomic E-state index is 11.9. The number of hydrogen-bond donors (Lipinski definition) is 2. The van der Waals surface area contributed by atoms with E-state index in [4.69, 9.17) is 0 Å². The molecule has 0 unspecified atom stereocenters. The molecule has 2 N–H and O–H groups in total. The second-order valence-electron chi connectivity index (χ2n) is 4.63. The third-order valence-corrected chi connectivity index (χ3v) is 2.32. The van der Waals surface area contributed by atoms with Gasteiger partial charge in [0.15, 0.2) is 0 Å². The van der Waals surface area contributed by atoms with E-state index in [0.29, 0.717) is 11.6 Å². The molecule has 5 heteroatoms. The van der Waals surface area contributed by atoms with Gasteiger partial charge in [-0.05, 0) is 33.3 Å². The number of anilines is 1. The number of hydrogen-bond acceptors (Lipinski definition) is 4. The maximum Gasteiger partial charge on any atom is 0.270 e. The van der Waals surface area contributed by atoms with E-state index in [0.717, 1.165) is 25.1 Å². The lowest BCUT2D eigenvalue weighted by atomic mass is 10.3. The molecular weight excluding hydrogens is 228 g/mol. The number of amides is 1. The average Bonchev–Trinajstić information content (AvgIpc) is 2.27. The second kappa shape index (κ2) is 6.93. The summed E-state index contributed by atoms with van der Waals surface area (Å²) in [5.74, 6) is 0.367. The number of rotatable bonds is 6. The van der Waals surface area contributed by atoms with Crippen LogP contribution in [0.3, 0.4) is 0 Å². The van der Waals surface area contributed by atoms with Gasteiger partial charge in [0.2, 0.25) is 5.95 Å². The molecule has 1 amide bonds. The molecule has 0 radical (unpaired) electrons. The minimum atomic E-state index is -0.158. The van der Waals surface area contributed by atoms with Crippen LogP contribution in [0.15, 0.2) is 6.07 Å². The largest absolute Gasteiger partial charge is 0.354 e. The van der Waals surface area contributed by atoms with E-state index in [-0.39, 0.29) is 11.9 Å². The molecule has 0 atom stereocenters. The van der Waals surface area contributed by atoms with Gasteiger partial charge in [-0.3, -0.25) is 4.79 Å². The summed E-state index contributed by atoms with van der Waals surface area (Å²) >= 11 is 0. The van der Waals surface area contributed by atoms with Crippen LogP contribution in [0.1, 0.15) is 49.8 Å². The predicted molar refractivity (Wildman–Crippen MR) is 72.8 cm³/mol. The number of aromatic nitrogens is 2. The number of carbonyl (C=O) groups is 1. The molecule has 1 aromatic rings. The van der Waals surface area contributed by atoms with Gasteiger partial charge in [-0.15, -0.1) is 0 Å². The third-order valence-electron chi connectivity index (χ3n) is 2.32. The van der Waals surface area contributed by atoms with Crippen molar-refractivity contribution in [2.45, 2.75) is 46.6 Å². The van der Waals surface area contributed by atoms with Crippen molar-refractivity contribution in [2.75, 3.05) is 11.9 Å². The SMILES string of the molecule is CCCCNc1nc(C)cc(C(=O)NC(C)C)n1. The molecule has 0 aliphatic carbocycles. The topological polar surface area (TPSA) is 66.9 Å². The van der Waals surface area contributed by atoms with Crippen LogP contribution in [0.4, 0.5) is 5.95 Å². The molecule has 18 heavy (non-hydrogen) atoms. The minimum absolute atomic E-state index is 0.101. The first kappa shape index (κ1) is 14.4. The van der Waals surface area contributed by atoms with E-state index < -0.39 is 0 Å². The van der Waals surface area contributed by atoms with Crippen molar-refractivity contribution in [2.24, 2.45) is 0 Å². The van der Waals surface area contributed by atoms with Crippen molar-refractivity contribution in [1.82, 2.24) is 15.3 Å². The number of carbonyl (C=O) groups excluding carboxylic acids is 1. The molecule has 0 aliphatic rings. The Morgan fingerprint density at radius 2 is 2.11 bits per heavy atom. The summed E-state index contributed by atoms with van der Waals surface area (Å²) < 4.78 is 0. The van der Waals surface area contributed by atoms with E-state index in [1.807, 2.05) is 20.8 Å². The van der Waals surface area contributed by atoms with Gasteiger partial charge in [-0.2, -0.15) is 0 Å². The van der Waals surface area contributed by atoms with Gasteiger partial charge >= 0.3 is 0 Å². The van der Waals surface area contributed by atoms with Crippen LogP contribution in [0.5, 0.6) is 0 Å². The monoisotopic (exact) mass is 250 g/mol. The van der Waals surface area contributed by atoms with E-state index in [9.17, 15) is 4.79 Å². The molecular formula is C13H22N4O. The van der Waals surface area contributed by atoms with Crippen molar-refractivity contribution in [3.8, 4) is 0 Å². The summed E-state index contributed by atoms with van der Waals surface area (Å²) in [5.41, 5.74) is 1.20. The lowest BCUT2D eigenvalue weighted by Gasteiger charge is -2.10. The quantitative estimate of drug-likeness (QED) is 0.759. The Labute approximate surface area is 108 Å². The normalized spacial score (nSPS) is 10.5. The van der Waals surface area contributed by atoms with Crippen LogP contribution >= 0.6 is 0 Å². The lowest BCUT2D eigenvalue weighted by Crippen LogP contribution is -2.31. The van der Waals surface area contributed by atoms with Crippen molar-refractivity contribution in [1.29, 1.82) is 0 Å². The minimum Gasteiger partial charge on any atom is -0.354 e.